The molecule has 19 heavy (non-hydrogen) atoms. The maximum Gasteiger partial charge on any atom is 0.224 e. The molecule has 0 unspecified atom stereocenters. The average molecular weight is 260 g/mol. The molecular formula is C16H24N2O. The minimum absolute atomic E-state index is 0.117. The van der Waals surface area contributed by atoms with Gasteiger partial charge in [0, 0.05) is 18.7 Å². The van der Waals surface area contributed by atoms with E-state index in [0.29, 0.717) is 13.0 Å². The summed E-state index contributed by atoms with van der Waals surface area (Å²) in [6, 6.07) is 7.74. The zero-order chi connectivity index (χ0) is 13.5. The highest BCUT2D eigenvalue weighted by molar-refractivity contribution is 5.91. The van der Waals surface area contributed by atoms with Gasteiger partial charge in [-0.15, -0.1) is 0 Å². The van der Waals surface area contributed by atoms with Gasteiger partial charge in [0.05, 0.1) is 0 Å². The van der Waals surface area contributed by atoms with Crippen LogP contribution >= 0.6 is 0 Å². The van der Waals surface area contributed by atoms with Crippen molar-refractivity contribution in [3.8, 4) is 0 Å². The summed E-state index contributed by atoms with van der Waals surface area (Å²) in [5.41, 5.74) is 7.52. The summed E-state index contributed by atoms with van der Waals surface area (Å²) in [5.74, 6) is 0.871. The number of carbonyl (C=O) groups excluding carboxylic acids is 1. The number of hydrogen-bond donors (Lipinski definition) is 2. The summed E-state index contributed by atoms with van der Waals surface area (Å²) in [4.78, 5) is 12.0. The van der Waals surface area contributed by atoms with Gasteiger partial charge in [-0.2, -0.15) is 0 Å². The number of amides is 1. The van der Waals surface area contributed by atoms with E-state index >= 15 is 0 Å². The highest BCUT2D eigenvalue weighted by Gasteiger charge is 2.15. The highest BCUT2D eigenvalue weighted by Crippen LogP contribution is 2.27. The van der Waals surface area contributed by atoms with E-state index in [1.54, 1.807) is 0 Å². The number of benzene rings is 1. The van der Waals surface area contributed by atoms with Gasteiger partial charge >= 0.3 is 0 Å². The Morgan fingerprint density at radius 1 is 1.21 bits per heavy atom. The molecule has 0 saturated heterocycles. The summed E-state index contributed by atoms with van der Waals surface area (Å²) < 4.78 is 0. The molecule has 0 radical (unpaired) electrons. The molecule has 3 nitrogen and oxygen atoms in total. The predicted octanol–water partition coefficient (Wildman–Crippen LogP) is 3.44. The van der Waals surface area contributed by atoms with Crippen LogP contribution in [-0.2, 0) is 11.3 Å². The molecular weight excluding hydrogens is 236 g/mol. The van der Waals surface area contributed by atoms with Gasteiger partial charge < -0.3 is 11.1 Å². The summed E-state index contributed by atoms with van der Waals surface area (Å²) in [6.45, 7) is 0.457. The Morgan fingerprint density at radius 2 is 1.95 bits per heavy atom. The maximum atomic E-state index is 12.0. The molecule has 1 saturated carbocycles. The van der Waals surface area contributed by atoms with Crippen molar-refractivity contribution in [2.24, 2.45) is 11.7 Å². The van der Waals surface area contributed by atoms with Crippen LogP contribution in [0.3, 0.4) is 0 Å². The van der Waals surface area contributed by atoms with Gasteiger partial charge in [0.15, 0.2) is 0 Å². The monoisotopic (exact) mass is 260 g/mol. The van der Waals surface area contributed by atoms with Crippen LogP contribution in [0.25, 0.3) is 0 Å². The smallest absolute Gasteiger partial charge is 0.224 e. The van der Waals surface area contributed by atoms with Crippen LogP contribution < -0.4 is 11.1 Å². The van der Waals surface area contributed by atoms with E-state index in [1.807, 2.05) is 24.3 Å². The summed E-state index contributed by atoms with van der Waals surface area (Å²) in [5, 5.41) is 2.98. The second-order valence-electron chi connectivity index (χ2n) is 5.45. The highest BCUT2D eigenvalue weighted by atomic mass is 16.1. The topological polar surface area (TPSA) is 55.1 Å². The molecule has 0 aromatic heterocycles. The maximum absolute atomic E-state index is 12.0. The SMILES string of the molecule is NCc1ccccc1NC(=O)CCC1CCCCC1. The fourth-order valence-electron chi connectivity index (χ4n) is 2.84. The van der Waals surface area contributed by atoms with Crippen LogP contribution in [0.15, 0.2) is 24.3 Å². The number of anilines is 1. The van der Waals surface area contributed by atoms with E-state index in [-0.39, 0.29) is 5.91 Å². The van der Waals surface area contributed by atoms with Crippen molar-refractivity contribution in [3.63, 3.8) is 0 Å². The molecule has 1 aromatic rings. The van der Waals surface area contributed by atoms with Gasteiger partial charge in [0.25, 0.3) is 0 Å². The average Bonchev–Trinajstić information content (AvgIpc) is 2.47. The zero-order valence-electron chi connectivity index (χ0n) is 11.5. The van der Waals surface area contributed by atoms with E-state index in [4.69, 9.17) is 5.73 Å². The van der Waals surface area contributed by atoms with Crippen LogP contribution in [0.2, 0.25) is 0 Å². The van der Waals surface area contributed by atoms with Crippen molar-refractivity contribution in [1.82, 2.24) is 0 Å². The number of nitrogens with two attached hydrogens (primary N) is 1. The van der Waals surface area contributed by atoms with Gasteiger partial charge in [-0.25, -0.2) is 0 Å². The number of hydrogen-bond acceptors (Lipinski definition) is 2. The zero-order valence-corrected chi connectivity index (χ0v) is 11.5. The molecule has 1 aliphatic carbocycles. The minimum Gasteiger partial charge on any atom is -0.326 e. The van der Waals surface area contributed by atoms with Crippen LogP contribution in [0.4, 0.5) is 5.69 Å². The summed E-state index contributed by atoms with van der Waals surface area (Å²) in [7, 11) is 0. The molecule has 104 valence electrons. The fourth-order valence-corrected chi connectivity index (χ4v) is 2.84. The van der Waals surface area contributed by atoms with E-state index in [1.165, 1.54) is 32.1 Å². The second-order valence-corrected chi connectivity index (χ2v) is 5.45. The van der Waals surface area contributed by atoms with E-state index in [0.717, 1.165) is 23.6 Å². The molecule has 0 aliphatic heterocycles. The molecule has 0 atom stereocenters. The number of para-hydroxylation sites is 1. The molecule has 1 amide bonds. The third-order valence-corrected chi connectivity index (χ3v) is 4.02. The molecule has 0 spiro atoms. The Bertz CT molecular complexity index is 411. The van der Waals surface area contributed by atoms with Crippen molar-refractivity contribution in [2.75, 3.05) is 5.32 Å². The van der Waals surface area contributed by atoms with Gasteiger partial charge in [-0.3, -0.25) is 4.79 Å². The molecule has 1 fully saturated rings. The van der Waals surface area contributed by atoms with Gasteiger partial charge in [0.2, 0.25) is 5.91 Å². The van der Waals surface area contributed by atoms with Crippen LogP contribution in [0, 0.1) is 5.92 Å². The third-order valence-electron chi connectivity index (χ3n) is 4.02. The second kappa shape index (κ2) is 7.29. The molecule has 1 aliphatic rings. The van der Waals surface area contributed by atoms with E-state index in [2.05, 4.69) is 5.32 Å². The van der Waals surface area contributed by atoms with Crippen molar-refractivity contribution in [1.29, 1.82) is 0 Å². The molecule has 0 bridgehead atoms. The Morgan fingerprint density at radius 3 is 2.68 bits per heavy atom. The quantitative estimate of drug-likeness (QED) is 0.852. The molecule has 3 heteroatoms. The lowest BCUT2D eigenvalue weighted by Gasteiger charge is -2.21. The largest absolute Gasteiger partial charge is 0.326 e. The Labute approximate surface area is 115 Å². The van der Waals surface area contributed by atoms with E-state index in [9.17, 15) is 4.79 Å². The van der Waals surface area contributed by atoms with Gasteiger partial charge in [-0.05, 0) is 24.0 Å². The minimum atomic E-state index is 0.117. The third kappa shape index (κ3) is 4.35. The van der Waals surface area contributed by atoms with Crippen LogP contribution in [0.1, 0.15) is 50.5 Å². The first-order chi connectivity index (χ1) is 9.29. The number of nitrogens with one attached hydrogen (secondary N) is 1. The first-order valence-electron chi connectivity index (χ1n) is 7.37. The van der Waals surface area contributed by atoms with Gasteiger partial charge in [0.1, 0.15) is 0 Å². The van der Waals surface area contributed by atoms with Crippen molar-refractivity contribution >= 4 is 11.6 Å². The van der Waals surface area contributed by atoms with Crippen LogP contribution in [-0.4, -0.2) is 5.91 Å². The molecule has 3 N–H and O–H groups in total. The van der Waals surface area contributed by atoms with Crippen molar-refractivity contribution in [3.05, 3.63) is 29.8 Å². The lowest BCUT2D eigenvalue weighted by molar-refractivity contribution is -0.116. The van der Waals surface area contributed by atoms with Crippen LogP contribution in [0.5, 0.6) is 0 Å². The lowest BCUT2D eigenvalue weighted by atomic mass is 9.86. The standard InChI is InChI=1S/C16H24N2O/c17-12-14-8-4-5-9-15(14)18-16(19)11-10-13-6-2-1-3-7-13/h4-5,8-9,13H,1-3,6-7,10-12,17H2,(H,18,19). The van der Waals surface area contributed by atoms with Crippen molar-refractivity contribution < 1.29 is 4.79 Å². The molecule has 0 heterocycles. The fraction of sp³-hybridized carbons (Fsp3) is 0.562. The normalized spacial score (nSPS) is 16.3. The van der Waals surface area contributed by atoms with Crippen molar-refractivity contribution in [2.45, 2.75) is 51.5 Å². The molecule has 1 aromatic carbocycles. The van der Waals surface area contributed by atoms with E-state index < -0.39 is 0 Å². The number of carbonyl (C=O) groups is 1. The molecule has 2 rings (SSSR count). The lowest BCUT2D eigenvalue weighted by Crippen LogP contribution is -2.16. The first kappa shape index (κ1) is 14.1. The summed E-state index contributed by atoms with van der Waals surface area (Å²) in [6.07, 6.45) is 8.29. The predicted molar refractivity (Wildman–Crippen MR) is 78.8 cm³/mol. The Kier molecular flexibility index (Phi) is 5.40. The Hall–Kier alpha value is -1.35. The summed E-state index contributed by atoms with van der Waals surface area (Å²) >= 11 is 0. The number of rotatable bonds is 5. The Balaban J connectivity index is 1.80. The first-order valence-corrected chi connectivity index (χ1v) is 7.37. The van der Waals surface area contributed by atoms with Gasteiger partial charge in [-0.1, -0.05) is 50.3 Å².